The summed E-state index contributed by atoms with van der Waals surface area (Å²) < 4.78 is 6.34. The summed E-state index contributed by atoms with van der Waals surface area (Å²) in [5.41, 5.74) is 2.16. The number of carbonyl (C=O) groups excluding carboxylic acids is 1. The molecular formula is C12H13NO4. The predicted octanol–water partition coefficient (Wildman–Crippen LogP) is 0.710. The maximum atomic E-state index is 11.6. The predicted molar refractivity (Wildman–Crippen MR) is 60.6 cm³/mol. The fourth-order valence-corrected chi connectivity index (χ4v) is 1.92. The van der Waals surface area contributed by atoms with E-state index in [1.165, 1.54) is 7.11 Å². The van der Waals surface area contributed by atoms with Crippen molar-refractivity contribution in [2.45, 2.75) is 13.2 Å². The van der Waals surface area contributed by atoms with Crippen LogP contribution in [0.3, 0.4) is 0 Å². The van der Waals surface area contributed by atoms with E-state index in [-0.39, 0.29) is 13.2 Å². The first-order valence-corrected chi connectivity index (χ1v) is 5.15. The van der Waals surface area contributed by atoms with Crippen molar-refractivity contribution in [3.8, 4) is 0 Å². The molecule has 2 heterocycles. The highest BCUT2D eigenvalue weighted by molar-refractivity contribution is 5.97. The van der Waals surface area contributed by atoms with Crippen LogP contribution in [0.1, 0.15) is 21.7 Å². The van der Waals surface area contributed by atoms with Gasteiger partial charge in [0.2, 0.25) is 0 Å². The van der Waals surface area contributed by atoms with E-state index in [0.29, 0.717) is 22.5 Å². The standard InChI is InChI=1S/C12H13NO4/c1-17-12(16)10-5-9(7-15)13-8(6-14)3-2-4-11(10)13/h2-5,14-15H,6-7H2,1H3. The smallest absolute Gasteiger partial charge is 0.340 e. The van der Waals surface area contributed by atoms with E-state index >= 15 is 0 Å². The van der Waals surface area contributed by atoms with Gasteiger partial charge in [-0.3, -0.25) is 0 Å². The Morgan fingerprint density at radius 2 is 2.00 bits per heavy atom. The van der Waals surface area contributed by atoms with Crippen molar-refractivity contribution >= 4 is 11.5 Å². The molecule has 2 N–H and O–H groups in total. The van der Waals surface area contributed by atoms with Gasteiger partial charge in [-0.05, 0) is 18.2 Å². The van der Waals surface area contributed by atoms with Gasteiger partial charge >= 0.3 is 5.97 Å². The number of methoxy groups -OCH3 is 1. The topological polar surface area (TPSA) is 71.2 Å². The average molecular weight is 235 g/mol. The molecule has 0 radical (unpaired) electrons. The zero-order valence-electron chi connectivity index (χ0n) is 9.38. The Balaban J connectivity index is 2.77. The fourth-order valence-electron chi connectivity index (χ4n) is 1.92. The number of carbonyl (C=O) groups is 1. The molecule has 0 aromatic carbocycles. The van der Waals surface area contributed by atoms with Crippen molar-refractivity contribution in [1.82, 2.24) is 4.40 Å². The molecule has 0 saturated heterocycles. The van der Waals surface area contributed by atoms with Gasteiger partial charge in [0.1, 0.15) is 0 Å². The molecule has 0 atom stereocenters. The van der Waals surface area contributed by atoms with E-state index in [1.54, 1.807) is 28.7 Å². The van der Waals surface area contributed by atoms with Crippen LogP contribution in [0.5, 0.6) is 0 Å². The molecule has 5 heteroatoms. The number of aliphatic hydroxyl groups is 2. The second kappa shape index (κ2) is 4.57. The quantitative estimate of drug-likeness (QED) is 0.769. The van der Waals surface area contributed by atoms with E-state index in [4.69, 9.17) is 0 Å². The van der Waals surface area contributed by atoms with Crippen molar-refractivity contribution in [3.05, 3.63) is 41.2 Å². The summed E-state index contributed by atoms with van der Waals surface area (Å²) >= 11 is 0. The molecule has 5 nitrogen and oxygen atoms in total. The summed E-state index contributed by atoms with van der Waals surface area (Å²) in [6.45, 7) is -0.380. The lowest BCUT2D eigenvalue weighted by atomic mass is 10.2. The molecule has 2 aromatic rings. The summed E-state index contributed by atoms with van der Waals surface area (Å²) in [6.07, 6.45) is 0. The van der Waals surface area contributed by atoms with E-state index in [2.05, 4.69) is 4.74 Å². The minimum absolute atomic E-state index is 0.167. The molecule has 2 rings (SSSR count). The summed E-state index contributed by atoms with van der Waals surface area (Å²) in [4.78, 5) is 11.6. The summed E-state index contributed by atoms with van der Waals surface area (Å²) in [6, 6.07) is 6.78. The van der Waals surface area contributed by atoms with Crippen molar-refractivity contribution in [2.24, 2.45) is 0 Å². The highest BCUT2D eigenvalue weighted by Gasteiger charge is 2.16. The van der Waals surface area contributed by atoms with Crippen molar-refractivity contribution in [1.29, 1.82) is 0 Å². The maximum absolute atomic E-state index is 11.6. The molecule has 2 aromatic heterocycles. The van der Waals surface area contributed by atoms with Crippen LogP contribution in [0.4, 0.5) is 0 Å². The third-order valence-corrected chi connectivity index (χ3v) is 2.67. The number of fused-ring (bicyclic) bond motifs is 1. The SMILES string of the molecule is COC(=O)c1cc(CO)n2c(CO)cccc12. The first-order chi connectivity index (χ1) is 8.22. The summed E-state index contributed by atoms with van der Waals surface area (Å²) in [5, 5.41) is 18.5. The van der Waals surface area contributed by atoms with Crippen LogP contribution in [-0.4, -0.2) is 27.7 Å². The molecule has 0 fully saturated rings. The van der Waals surface area contributed by atoms with E-state index in [1.807, 2.05) is 0 Å². The molecule has 0 spiro atoms. The molecule has 0 aliphatic rings. The maximum Gasteiger partial charge on any atom is 0.340 e. The third-order valence-electron chi connectivity index (χ3n) is 2.67. The Morgan fingerprint density at radius 1 is 1.29 bits per heavy atom. The first-order valence-electron chi connectivity index (χ1n) is 5.15. The van der Waals surface area contributed by atoms with Gasteiger partial charge in [0.15, 0.2) is 0 Å². The number of nitrogens with zero attached hydrogens (tertiary/aromatic N) is 1. The molecular weight excluding hydrogens is 222 g/mol. The van der Waals surface area contributed by atoms with Crippen LogP contribution < -0.4 is 0 Å². The summed E-state index contributed by atoms with van der Waals surface area (Å²) in [5.74, 6) is -0.461. The lowest BCUT2D eigenvalue weighted by Gasteiger charge is -2.06. The van der Waals surface area contributed by atoms with Gasteiger partial charge in [-0.2, -0.15) is 0 Å². The van der Waals surface area contributed by atoms with Gasteiger partial charge in [-0.1, -0.05) is 6.07 Å². The molecule has 0 aliphatic carbocycles. The molecule has 0 saturated carbocycles. The zero-order chi connectivity index (χ0) is 12.4. The van der Waals surface area contributed by atoms with Crippen LogP contribution >= 0.6 is 0 Å². The first kappa shape index (κ1) is 11.6. The van der Waals surface area contributed by atoms with E-state index < -0.39 is 5.97 Å². The lowest BCUT2D eigenvalue weighted by molar-refractivity contribution is 0.0603. The summed E-state index contributed by atoms with van der Waals surface area (Å²) in [7, 11) is 1.31. The molecule has 0 aliphatic heterocycles. The van der Waals surface area contributed by atoms with Crippen LogP contribution in [0.15, 0.2) is 24.3 Å². The van der Waals surface area contributed by atoms with Gasteiger partial charge < -0.3 is 19.4 Å². The normalized spacial score (nSPS) is 10.8. The molecule has 17 heavy (non-hydrogen) atoms. The largest absolute Gasteiger partial charge is 0.465 e. The number of aliphatic hydroxyl groups excluding tert-OH is 2. The second-order valence-electron chi connectivity index (χ2n) is 3.59. The van der Waals surface area contributed by atoms with Crippen LogP contribution in [-0.2, 0) is 18.0 Å². The molecule has 0 bridgehead atoms. The number of ether oxygens (including phenoxy) is 1. The monoisotopic (exact) mass is 235 g/mol. The fraction of sp³-hybridized carbons (Fsp3) is 0.250. The van der Waals surface area contributed by atoms with Gasteiger partial charge in [0.05, 0.1) is 31.4 Å². The minimum atomic E-state index is -0.461. The number of hydrogen-bond donors (Lipinski definition) is 2. The van der Waals surface area contributed by atoms with Gasteiger partial charge in [0, 0.05) is 11.4 Å². The van der Waals surface area contributed by atoms with Gasteiger partial charge in [-0.15, -0.1) is 0 Å². The van der Waals surface area contributed by atoms with Gasteiger partial charge in [0.25, 0.3) is 0 Å². The van der Waals surface area contributed by atoms with Crippen molar-refractivity contribution < 1.29 is 19.7 Å². The number of rotatable bonds is 3. The Hall–Kier alpha value is -1.85. The average Bonchev–Trinajstić information content (AvgIpc) is 2.76. The van der Waals surface area contributed by atoms with Crippen LogP contribution in [0.25, 0.3) is 5.52 Å². The highest BCUT2D eigenvalue weighted by Crippen LogP contribution is 2.20. The number of esters is 1. The van der Waals surface area contributed by atoms with Crippen LogP contribution in [0.2, 0.25) is 0 Å². The van der Waals surface area contributed by atoms with Crippen molar-refractivity contribution in [2.75, 3.05) is 7.11 Å². The Bertz CT molecular complexity index is 559. The van der Waals surface area contributed by atoms with Crippen LogP contribution in [0, 0.1) is 0 Å². The molecule has 0 amide bonds. The van der Waals surface area contributed by atoms with E-state index in [0.717, 1.165) is 0 Å². The molecule has 0 unspecified atom stereocenters. The Kier molecular flexibility index (Phi) is 3.12. The minimum Gasteiger partial charge on any atom is -0.465 e. The van der Waals surface area contributed by atoms with E-state index in [9.17, 15) is 15.0 Å². The number of aromatic nitrogens is 1. The Morgan fingerprint density at radius 3 is 2.59 bits per heavy atom. The lowest BCUT2D eigenvalue weighted by Crippen LogP contribution is -2.02. The Labute approximate surface area is 97.9 Å². The van der Waals surface area contributed by atoms with Crippen molar-refractivity contribution in [3.63, 3.8) is 0 Å². The van der Waals surface area contributed by atoms with Gasteiger partial charge in [-0.25, -0.2) is 4.79 Å². The molecule has 90 valence electrons. The number of hydrogen-bond acceptors (Lipinski definition) is 4. The zero-order valence-corrected chi connectivity index (χ0v) is 9.38. The second-order valence-corrected chi connectivity index (χ2v) is 3.59. The number of pyridine rings is 1. The third kappa shape index (κ3) is 1.79. The highest BCUT2D eigenvalue weighted by atomic mass is 16.5.